The Morgan fingerprint density at radius 3 is 2.58 bits per heavy atom. The number of nitrogens with one attached hydrogen (secondary N) is 1. The summed E-state index contributed by atoms with van der Waals surface area (Å²) in [6.45, 7) is 9.50. The van der Waals surface area contributed by atoms with E-state index in [0.717, 1.165) is 11.3 Å². The van der Waals surface area contributed by atoms with Gasteiger partial charge in [0.2, 0.25) is 0 Å². The normalized spacial score (nSPS) is 12.5. The van der Waals surface area contributed by atoms with Gasteiger partial charge >= 0.3 is 5.97 Å². The first kappa shape index (κ1) is 15.5. The summed E-state index contributed by atoms with van der Waals surface area (Å²) in [5.41, 5.74) is 2.21. The van der Waals surface area contributed by atoms with Gasteiger partial charge in [-0.05, 0) is 43.5 Å². The third-order valence-electron chi connectivity index (χ3n) is 3.12. The average Bonchev–Trinajstić information content (AvgIpc) is 2.35. The van der Waals surface area contributed by atoms with Crippen molar-refractivity contribution in [3.05, 3.63) is 29.3 Å². The molecular weight excluding hydrogens is 242 g/mol. The molecule has 0 saturated heterocycles. The highest BCUT2D eigenvalue weighted by Gasteiger charge is 2.15. The Kier molecular flexibility index (Phi) is 5.83. The van der Waals surface area contributed by atoms with E-state index in [2.05, 4.69) is 19.2 Å². The summed E-state index contributed by atoms with van der Waals surface area (Å²) >= 11 is 0. The summed E-state index contributed by atoms with van der Waals surface area (Å²) < 4.78 is 5.47. The van der Waals surface area contributed by atoms with Gasteiger partial charge in [0.05, 0.1) is 18.2 Å². The van der Waals surface area contributed by atoms with Crippen molar-refractivity contribution in [2.75, 3.05) is 18.5 Å². The SMILES string of the molecule is CCOCC(Nc1ccc(C(=O)O)cc1C)C(C)C. The average molecular weight is 265 g/mol. The predicted octanol–water partition coefficient (Wildman–Crippen LogP) is 3.17. The van der Waals surface area contributed by atoms with Gasteiger partial charge in [-0.2, -0.15) is 0 Å². The van der Waals surface area contributed by atoms with Crippen LogP contribution in [0.1, 0.15) is 36.7 Å². The first-order valence-corrected chi connectivity index (χ1v) is 6.64. The monoisotopic (exact) mass is 265 g/mol. The molecule has 0 aliphatic heterocycles. The van der Waals surface area contributed by atoms with Crippen LogP contribution in [0.15, 0.2) is 18.2 Å². The lowest BCUT2D eigenvalue weighted by atomic mass is 10.0. The topological polar surface area (TPSA) is 58.6 Å². The standard InChI is InChI=1S/C15H23NO3/c1-5-19-9-14(10(2)3)16-13-7-6-12(15(17)18)8-11(13)4/h6-8,10,14,16H,5,9H2,1-4H3,(H,17,18). The zero-order valence-corrected chi connectivity index (χ0v) is 12.1. The second-order valence-corrected chi connectivity index (χ2v) is 4.99. The fraction of sp³-hybridized carbons (Fsp3) is 0.533. The van der Waals surface area contributed by atoms with Gasteiger partial charge in [-0.3, -0.25) is 0 Å². The Bertz CT molecular complexity index is 429. The summed E-state index contributed by atoms with van der Waals surface area (Å²) in [5.74, 6) is -0.463. The first-order chi connectivity index (χ1) is 8.95. The van der Waals surface area contributed by atoms with Crippen LogP contribution in [0.4, 0.5) is 5.69 Å². The molecule has 1 unspecified atom stereocenters. The van der Waals surface area contributed by atoms with Gasteiger partial charge < -0.3 is 15.2 Å². The lowest BCUT2D eigenvalue weighted by molar-refractivity contribution is 0.0697. The first-order valence-electron chi connectivity index (χ1n) is 6.64. The molecule has 4 heteroatoms. The number of ether oxygens (including phenoxy) is 1. The molecule has 0 heterocycles. The zero-order valence-electron chi connectivity index (χ0n) is 12.1. The molecule has 0 saturated carbocycles. The molecule has 2 N–H and O–H groups in total. The van der Waals surface area contributed by atoms with Crippen LogP contribution in [0.25, 0.3) is 0 Å². The Morgan fingerprint density at radius 2 is 2.11 bits per heavy atom. The quantitative estimate of drug-likeness (QED) is 0.795. The molecule has 0 fully saturated rings. The van der Waals surface area contributed by atoms with Gasteiger partial charge in [0.15, 0.2) is 0 Å². The van der Waals surface area contributed by atoms with Crippen molar-refractivity contribution in [2.45, 2.75) is 33.7 Å². The third-order valence-corrected chi connectivity index (χ3v) is 3.12. The molecule has 0 spiro atoms. The highest BCUT2D eigenvalue weighted by molar-refractivity contribution is 5.88. The molecule has 19 heavy (non-hydrogen) atoms. The largest absolute Gasteiger partial charge is 0.478 e. The fourth-order valence-corrected chi connectivity index (χ4v) is 1.80. The molecule has 0 radical (unpaired) electrons. The molecule has 1 aromatic rings. The number of aromatic carboxylic acids is 1. The van der Waals surface area contributed by atoms with Crippen molar-refractivity contribution >= 4 is 11.7 Å². The maximum atomic E-state index is 10.9. The van der Waals surface area contributed by atoms with Gasteiger partial charge in [0.1, 0.15) is 0 Å². The van der Waals surface area contributed by atoms with Crippen LogP contribution in [0.5, 0.6) is 0 Å². The molecule has 1 aromatic carbocycles. The van der Waals surface area contributed by atoms with E-state index in [1.165, 1.54) is 0 Å². The van der Waals surface area contributed by atoms with Crippen LogP contribution in [0.2, 0.25) is 0 Å². The minimum atomic E-state index is -0.899. The van der Waals surface area contributed by atoms with Gasteiger partial charge in [-0.25, -0.2) is 4.79 Å². The highest BCUT2D eigenvalue weighted by atomic mass is 16.5. The van der Waals surface area contributed by atoms with E-state index in [1.807, 2.05) is 19.9 Å². The predicted molar refractivity (Wildman–Crippen MR) is 76.9 cm³/mol. The zero-order chi connectivity index (χ0) is 14.4. The summed E-state index contributed by atoms with van der Waals surface area (Å²) in [7, 11) is 0. The van der Waals surface area contributed by atoms with E-state index >= 15 is 0 Å². The van der Waals surface area contributed by atoms with E-state index in [-0.39, 0.29) is 6.04 Å². The van der Waals surface area contributed by atoms with Crippen molar-refractivity contribution in [3.63, 3.8) is 0 Å². The van der Waals surface area contributed by atoms with E-state index in [9.17, 15) is 4.79 Å². The smallest absolute Gasteiger partial charge is 0.335 e. The number of hydrogen-bond donors (Lipinski definition) is 2. The third kappa shape index (κ3) is 4.56. The van der Waals surface area contributed by atoms with Crippen molar-refractivity contribution in [2.24, 2.45) is 5.92 Å². The fourth-order valence-electron chi connectivity index (χ4n) is 1.80. The van der Waals surface area contributed by atoms with Crippen LogP contribution >= 0.6 is 0 Å². The second kappa shape index (κ2) is 7.14. The second-order valence-electron chi connectivity index (χ2n) is 4.99. The number of benzene rings is 1. The van der Waals surface area contributed by atoms with E-state index in [4.69, 9.17) is 9.84 Å². The molecule has 0 amide bonds. The Labute approximate surface area is 114 Å². The Hall–Kier alpha value is -1.55. The number of hydrogen-bond acceptors (Lipinski definition) is 3. The summed E-state index contributed by atoms with van der Waals surface area (Å²) in [5, 5.41) is 12.4. The molecule has 4 nitrogen and oxygen atoms in total. The molecular formula is C15H23NO3. The van der Waals surface area contributed by atoms with Crippen LogP contribution < -0.4 is 5.32 Å². The van der Waals surface area contributed by atoms with Crippen molar-refractivity contribution in [1.29, 1.82) is 0 Å². The number of carboxylic acids is 1. The van der Waals surface area contributed by atoms with E-state index in [0.29, 0.717) is 24.7 Å². The number of carbonyl (C=O) groups is 1. The molecule has 0 bridgehead atoms. The molecule has 0 aliphatic carbocycles. The highest BCUT2D eigenvalue weighted by Crippen LogP contribution is 2.19. The van der Waals surface area contributed by atoms with E-state index < -0.39 is 5.97 Å². The Morgan fingerprint density at radius 1 is 1.42 bits per heavy atom. The lowest BCUT2D eigenvalue weighted by Crippen LogP contribution is -2.31. The number of rotatable bonds is 7. The summed E-state index contributed by atoms with van der Waals surface area (Å²) in [4.78, 5) is 10.9. The van der Waals surface area contributed by atoms with E-state index in [1.54, 1.807) is 12.1 Å². The number of aryl methyl sites for hydroxylation is 1. The molecule has 1 atom stereocenters. The minimum absolute atomic E-state index is 0.217. The van der Waals surface area contributed by atoms with Crippen molar-refractivity contribution < 1.29 is 14.6 Å². The molecule has 1 rings (SSSR count). The molecule has 0 aromatic heterocycles. The summed E-state index contributed by atoms with van der Waals surface area (Å²) in [6, 6.07) is 5.34. The number of carboxylic acid groups (broad SMARTS) is 1. The maximum Gasteiger partial charge on any atom is 0.335 e. The van der Waals surface area contributed by atoms with Crippen molar-refractivity contribution in [1.82, 2.24) is 0 Å². The van der Waals surface area contributed by atoms with Crippen LogP contribution in [-0.2, 0) is 4.74 Å². The van der Waals surface area contributed by atoms with Crippen LogP contribution in [-0.4, -0.2) is 30.3 Å². The van der Waals surface area contributed by atoms with Crippen LogP contribution in [0.3, 0.4) is 0 Å². The van der Waals surface area contributed by atoms with Crippen LogP contribution in [0, 0.1) is 12.8 Å². The molecule has 106 valence electrons. The van der Waals surface area contributed by atoms with Gasteiger partial charge in [0, 0.05) is 12.3 Å². The maximum absolute atomic E-state index is 10.9. The van der Waals surface area contributed by atoms with Gasteiger partial charge in [-0.15, -0.1) is 0 Å². The molecule has 0 aliphatic rings. The lowest BCUT2D eigenvalue weighted by Gasteiger charge is -2.24. The van der Waals surface area contributed by atoms with Gasteiger partial charge in [-0.1, -0.05) is 13.8 Å². The van der Waals surface area contributed by atoms with Gasteiger partial charge in [0.25, 0.3) is 0 Å². The minimum Gasteiger partial charge on any atom is -0.478 e. The number of anilines is 1. The Balaban J connectivity index is 2.81. The summed E-state index contributed by atoms with van der Waals surface area (Å²) in [6.07, 6.45) is 0. The van der Waals surface area contributed by atoms with Crippen molar-refractivity contribution in [3.8, 4) is 0 Å².